The van der Waals surface area contributed by atoms with Crippen LogP contribution in [0.3, 0.4) is 0 Å². The number of hydrogen-bond acceptors (Lipinski definition) is 8. The highest BCUT2D eigenvalue weighted by atomic mass is 32.2. The van der Waals surface area contributed by atoms with E-state index in [0.717, 1.165) is 9.87 Å². The number of hydrogen-bond donors (Lipinski definition) is 2. The number of benzene rings is 2. The van der Waals surface area contributed by atoms with Gasteiger partial charge in [0.2, 0.25) is 15.9 Å². The first-order valence-electron chi connectivity index (χ1n) is 13.9. The van der Waals surface area contributed by atoms with Crippen molar-refractivity contribution in [1.82, 2.24) is 39.5 Å². The summed E-state index contributed by atoms with van der Waals surface area (Å²) in [4.78, 5) is 30.9. The summed E-state index contributed by atoms with van der Waals surface area (Å²) in [6.45, 7) is 3.73. The number of amides is 2. The number of sulfonamides is 1. The molecule has 2 N–H and O–H groups in total. The second-order valence-electron chi connectivity index (χ2n) is 10.2. The summed E-state index contributed by atoms with van der Waals surface area (Å²) in [5.74, 6) is 0.663. The third-order valence-electron chi connectivity index (χ3n) is 7.16. The van der Waals surface area contributed by atoms with Crippen LogP contribution in [0.2, 0.25) is 0 Å². The van der Waals surface area contributed by atoms with E-state index in [1.807, 2.05) is 30.3 Å². The topological polar surface area (TPSA) is 153 Å². The van der Waals surface area contributed by atoms with Crippen molar-refractivity contribution in [3.05, 3.63) is 77.9 Å². The molecule has 0 unspecified atom stereocenters. The molecule has 1 aliphatic rings. The molecule has 0 saturated carbocycles. The summed E-state index contributed by atoms with van der Waals surface area (Å²) in [6.07, 6.45) is 1.55. The number of ether oxygens (including phenoxy) is 1. The van der Waals surface area contributed by atoms with Crippen LogP contribution in [-0.2, 0) is 28.4 Å². The molecule has 0 fully saturated rings. The predicted molar refractivity (Wildman–Crippen MR) is 158 cm³/mol. The van der Waals surface area contributed by atoms with Gasteiger partial charge >= 0.3 is 0 Å². The van der Waals surface area contributed by atoms with Crippen molar-refractivity contribution < 1.29 is 22.7 Å². The zero-order chi connectivity index (χ0) is 30.6. The Kier molecular flexibility index (Phi) is 8.87. The molecule has 226 valence electrons. The Morgan fingerprint density at radius 2 is 1.79 bits per heavy atom. The minimum Gasteiger partial charge on any atom is -0.492 e. The van der Waals surface area contributed by atoms with Gasteiger partial charge in [0.05, 0.1) is 31.0 Å². The molecule has 0 radical (unpaired) electrons. The van der Waals surface area contributed by atoms with Crippen LogP contribution in [0.4, 0.5) is 0 Å². The number of nitrogens with zero attached hydrogens (tertiary/aromatic N) is 6. The van der Waals surface area contributed by atoms with Crippen LogP contribution >= 0.6 is 0 Å². The number of aryl methyl sites for hydroxylation is 1. The van der Waals surface area contributed by atoms with Crippen molar-refractivity contribution in [3.63, 3.8) is 0 Å². The first kappa shape index (κ1) is 29.9. The lowest BCUT2D eigenvalue weighted by Gasteiger charge is -2.23. The fourth-order valence-corrected chi connectivity index (χ4v) is 6.37. The van der Waals surface area contributed by atoms with Crippen molar-refractivity contribution in [1.29, 1.82) is 0 Å². The molecule has 43 heavy (non-hydrogen) atoms. The van der Waals surface area contributed by atoms with E-state index in [1.54, 1.807) is 49.8 Å². The van der Waals surface area contributed by atoms with E-state index < -0.39 is 28.5 Å². The number of aromatic nitrogens is 5. The summed E-state index contributed by atoms with van der Waals surface area (Å²) < 4.78 is 37.5. The van der Waals surface area contributed by atoms with Crippen molar-refractivity contribution in [2.75, 3.05) is 26.2 Å². The van der Waals surface area contributed by atoms with E-state index in [-0.39, 0.29) is 36.9 Å². The summed E-state index contributed by atoms with van der Waals surface area (Å²) in [6, 6.07) is 15.7. The highest BCUT2D eigenvalue weighted by Crippen LogP contribution is 2.22. The SMILES string of the molecule is Cc1c(S(=O)(=O)N2CCCNC(=O)c3cccc(c3)OCCn3nc(-c4ccccc4)nc3[C@H](C)NC(=O)C2)cnn1C. The second kappa shape index (κ2) is 12.8. The maximum Gasteiger partial charge on any atom is 0.251 e. The van der Waals surface area contributed by atoms with Gasteiger partial charge in [-0.3, -0.25) is 14.3 Å². The van der Waals surface area contributed by atoms with Gasteiger partial charge in [-0.2, -0.15) is 14.5 Å². The van der Waals surface area contributed by atoms with E-state index in [2.05, 4.69) is 20.8 Å². The molecule has 0 spiro atoms. The molecular weight excluding hydrogens is 572 g/mol. The molecule has 2 aromatic heterocycles. The van der Waals surface area contributed by atoms with E-state index >= 15 is 0 Å². The lowest BCUT2D eigenvalue weighted by atomic mass is 10.2. The highest BCUT2D eigenvalue weighted by molar-refractivity contribution is 7.89. The Morgan fingerprint density at radius 1 is 1.02 bits per heavy atom. The Labute approximate surface area is 249 Å². The Hall–Kier alpha value is -4.56. The van der Waals surface area contributed by atoms with Gasteiger partial charge in [-0.1, -0.05) is 36.4 Å². The van der Waals surface area contributed by atoms with E-state index in [4.69, 9.17) is 9.72 Å². The Bertz CT molecular complexity index is 1720. The van der Waals surface area contributed by atoms with Crippen molar-refractivity contribution in [3.8, 4) is 17.1 Å². The van der Waals surface area contributed by atoms with Crippen molar-refractivity contribution in [2.24, 2.45) is 7.05 Å². The van der Waals surface area contributed by atoms with Gasteiger partial charge in [-0.05, 0) is 38.5 Å². The molecule has 0 saturated heterocycles. The van der Waals surface area contributed by atoms with Gasteiger partial charge in [0.25, 0.3) is 5.91 Å². The first-order chi connectivity index (χ1) is 20.6. The molecule has 2 amide bonds. The third kappa shape index (κ3) is 6.75. The molecule has 14 heteroatoms. The smallest absolute Gasteiger partial charge is 0.251 e. The summed E-state index contributed by atoms with van der Waals surface area (Å²) in [5, 5.41) is 14.4. The zero-order valence-corrected chi connectivity index (χ0v) is 25.0. The number of carbonyl (C=O) groups is 2. The predicted octanol–water partition coefficient (Wildman–Crippen LogP) is 2.07. The van der Waals surface area contributed by atoms with Crippen LogP contribution in [-0.4, -0.2) is 75.3 Å². The fourth-order valence-electron chi connectivity index (χ4n) is 4.75. The largest absolute Gasteiger partial charge is 0.492 e. The lowest BCUT2D eigenvalue weighted by Crippen LogP contribution is -2.43. The average Bonchev–Trinajstić information content (AvgIpc) is 3.58. The quantitative estimate of drug-likeness (QED) is 0.360. The van der Waals surface area contributed by atoms with Crippen LogP contribution in [0.25, 0.3) is 11.4 Å². The first-order valence-corrected chi connectivity index (χ1v) is 15.4. The van der Waals surface area contributed by atoms with Crippen LogP contribution in [0.1, 0.15) is 41.3 Å². The van der Waals surface area contributed by atoms with Crippen LogP contribution < -0.4 is 15.4 Å². The van der Waals surface area contributed by atoms with Gasteiger partial charge < -0.3 is 15.4 Å². The highest BCUT2D eigenvalue weighted by Gasteiger charge is 2.30. The van der Waals surface area contributed by atoms with E-state index in [0.29, 0.717) is 35.2 Å². The normalized spacial score (nSPS) is 17.6. The summed E-state index contributed by atoms with van der Waals surface area (Å²) >= 11 is 0. The molecule has 3 heterocycles. The molecule has 2 bridgehead atoms. The molecule has 5 rings (SSSR count). The summed E-state index contributed by atoms with van der Waals surface area (Å²) in [5.41, 5.74) is 1.67. The minimum absolute atomic E-state index is 0.00373. The fraction of sp³-hybridized carbons (Fsp3) is 0.345. The average molecular weight is 607 g/mol. The minimum atomic E-state index is -4.07. The maximum absolute atomic E-state index is 13.7. The van der Waals surface area contributed by atoms with Crippen molar-refractivity contribution >= 4 is 21.8 Å². The summed E-state index contributed by atoms with van der Waals surface area (Å²) in [7, 11) is -2.42. The Balaban J connectivity index is 1.47. The van der Waals surface area contributed by atoms with Gasteiger partial charge in [-0.25, -0.2) is 18.1 Å². The second-order valence-corrected chi connectivity index (χ2v) is 12.1. The van der Waals surface area contributed by atoms with Gasteiger partial charge in [-0.15, -0.1) is 0 Å². The van der Waals surface area contributed by atoms with Crippen LogP contribution in [0.5, 0.6) is 5.75 Å². The van der Waals surface area contributed by atoms with E-state index in [9.17, 15) is 18.0 Å². The Morgan fingerprint density at radius 3 is 2.53 bits per heavy atom. The molecule has 13 nitrogen and oxygen atoms in total. The number of nitrogens with one attached hydrogen (secondary N) is 2. The molecule has 1 aliphatic heterocycles. The number of fused-ring (bicyclic) bond motifs is 3. The van der Waals surface area contributed by atoms with Gasteiger partial charge in [0.15, 0.2) is 5.82 Å². The van der Waals surface area contributed by atoms with Crippen LogP contribution in [0.15, 0.2) is 65.7 Å². The van der Waals surface area contributed by atoms with E-state index in [1.165, 1.54) is 10.9 Å². The number of rotatable bonds is 3. The molecule has 1 atom stereocenters. The molecule has 0 aliphatic carbocycles. The molecule has 4 aromatic rings. The molecular formula is C29H34N8O5S. The standard InChI is InChI=1S/C29H34N8O5S/c1-20-28-33-27(22-9-5-4-6-10-22)34-37(28)15-16-42-24-12-7-11-23(17-24)29(39)30-13-8-14-36(19-26(38)32-20)43(40,41)25-18-31-35(3)21(25)2/h4-7,9-12,17-18,20H,8,13-16,19H2,1-3H3,(H,30,39)(H,32,38)/t20-/m0/s1. The molecule has 2 aromatic carbocycles. The van der Waals surface area contributed by atoms with Crippen molar-refractivity contribution in [2.45, 2.75) is 37.8 Å². The lowest BCUT2D eigenvalue weighted by molar-refractivity contribution is -0.122. The number of carbonyl (C=O) groups excluding carboxylic acids is 2. The maximum atomic E-state index is 13.7. The third-order valence-corrected chi connectivity index (χ3v) is 9.11. The zero-order valence-electron chi connectivity index (χ0n) is 24.2. The monoisotopic (exact) mass is 606 g/mol. The van der Waals surface area contributed by atoms with Crippen LogP contribution in [0, 0.1) is 6.92 Å². The van der Waals surface area contributed by atoms with Gasteiger partial charge in [0.1, 0.15) is 23.1 Å². The van der Waals surface area contributed by atoms with Gasteiger partial charge in [0, 0.05) is 31.3 Å².